The van der Waals surface area contributed by atoms with Crippen LogP contribution in [0.15, 0.2) is 0 Å². The Balaban J connectivity index is 0. The van der Waals surface area contributed by atoms with Crippen molar-refractivity contribution in [1.29, 1.82) is 5.46 Å². The first-order chi connectivity index (χ1) is 4.06. The van der Waals surface area contributed by atoms with Crippen LogP contribution < -0.4 is 0 Å². The molecule has 0 unspecified atom stereocenters. The molecule has 6 nitrogen and oxygen atoms in total. The van der Waals surface area contributed by atoms with Crippen molar-refractivity contribution in [2.75, 3.05) is 6.61 Å². The summed E-state index contributed by atoms with van der Waals surface area (Å²) in [6.07, 6.45) is 0. The topological polar surface area (TPSA) is 110 Å². The fourth-order valence-electron chi connectivity index (χ4n) is 0.144. The van der Waals surface area contributed by atoms with Gasteiger partial charge in [-0.3, -0.25) is 4.18 Å². The van der Waals surface area contributed by atoms with Gasteiger partial charge >= 0.3 is 10.2 Å². The van der Waals surface area contributed by atoms with E-state index in [9.17, 15) is 13.0 Å². The van der Waals surface area contributed by atoms with Crippen molar-refractivity contribution < 1.29 is 21.9 Å². The van der Waals surface area contributed by atoms with E-state index in [4.69, 9.17) is 10.2 Å². The van der Waals surface area contributed by atoms with Gasteiger partial charge in [0.25, 0.3) is 0 Å². The Morgan fingerprint density at radius 3 is 2.00 bits per heavy atom. The molecule has 0 saturated heterocycles. The molecule has 0 spiro atoms. The normalized spacial score (nSPS) is 9.33. The van der Waals surface area contributed by atoms with E-state index in [-0.39, 0.29) is 6.61 Å². The maximum absolute atomic E-state index is 9.45. The van der Waals surface area contributed by atoms with Gasteiger partial charge in [-0.05, 0) is 6.92 Å². The second-order valence-corrected chi connectivity index (χ2v) is 1.87. The maximum atomic E-state index is 9.45. The SMILES string of the molecule is CCOS(=O)(=O)[O-].N#[O+]. The number of hydrogen-bond acceptors (Lipinski definition) is 5. The molecule has 0 amide bonds. The Morgan fingerprint density at radius 1 is 1.67 bits per heavy atom. The van der Waals surface area contributed by atoms with Gasteiger partial charge in [-0.2, -0.15) is 0 Å². The first-order valence-electron chi connectivity index (χ1n) is 1.85. The summed E-state index contributed by atoms with van der Waals surface area (Å²) in [5.74, 6) is 0. The van der Waals surface area contributed by atoms with Crippen molar-refractivity contribution in [3.8, 4) is 0 Å². The van der Waals surface area contributed by atoms with Gasteiger partial charge in [0.05, 0.1) is 6.61 Å². The van der Waals surface area contributed by atoms with Crippen molar-refractivity contribution in [3.63, 3.8) is 0 Å². The van der Waals surface area contributed by atoms with Crippen molar-refractivity contribution >= 4 is 10.4 Å². The molecule has 0 saturated carbocycles. The van der Waals surface area contributed by atoms with Gasteiger partial charge in [-0.15, -0.1) is 0 Å². The second kappa shape index (κ2) is 5.67. The van der Waals surface area contributed by atoms with Gasteiger partial charge < -0.3 is 4.55 Å². The van der Waals surface area contributed by atoms with E-state index in [1.54, 1.807) is 0 Å². The molecular weight excluding hydrogens is 150 g/mol. The van der Waals surface area contributed by atoms with E-state index < -0.39 is 10.4 Å². The monoisotopic (exact) mass is 155 g/mol. The van der Waals surface area contributed by atoms with Crippen LogP contribution >= 0.6 is 0 Å². The van der Waals surface area contributed by atoms with Crippen LogP contribution in [0.1, 0.15) is 6.92 Å². The zero-order valence-electron chi connectivity index (χ0n) is 4.60. The molecule has 7 heteroatoms. The third-order valence-corrected chi connectivity index (χ3v) is 0.787. The Morgan fingerprint density at radius 2 is 2.00 bits per heavy atom. The molecule has 9 heavy (non-hydrogen) atoms. The molecule has 0 aliphatic carbocycles. The predicted molar refractivity (Wildman–Crippen MR) is 23.7 cm³/mol. The standard InChI is InChI=1S/C2H6O4S.NO/c1-2-6-7(3,4)5;1-2/h2H2,1H3,(H,3,4,5);/q;+1/p-1. The van der Waals surface area contributed by atoms with Crippen LogP contribution in [0.4, 0.5) is 0 Å². The second-order valence-electron chi connectivity index (χ2n) is 0.815. The van der Waals surface area contributed by atoms with Gasteiger partial charge in [-0.25, -0.2) is 8.42 Å². The minimum atomic E-state index is -4.42. The van der Waals surface area contributed by atoms with E-state index >= 15 is 0 Å². The summed E-state index contributed by atoms with van der Waals surface area (Å²) in [6, 6.07) is 0. The molecular formula is C2H5NO5S. The molecule has 0 fully saturated rings. The van der Waals surface area contributed by atoms with Crippen LogP contribution in [0.5, 0.6) is 0 Å². The van der Waals surface area contributed by atoms with Gasteiger partial charge in [-0.1, -0.05) is 0 Å². The molecule has 0 radical (unpaired) electrons. The van der Waals surface area contributed by atoms with Crippen LogP contribution in [0.3, 0.4) is 0 Å². The average molecular weight is 155 g/mol. The number of hydrogen-bond donors (Lipinski definition) is 0. The summed E-state index contributed by atoms with van der Waals surface area (Å²) in [5.41, 5.74) is 5.75. The van der Waals surface area contributed by atoms with Crippen molar-refractivity contribution in [1.82, 2.24) is 0 Å². The van der Waals surface area contributed by atoms with Crippen molar-refractivity contribution in [2.45, 2.75) is 6.92 Å². The van der Waals surface area contributed by atoms with Gasteiger partial charge in [0, 0.05) is 0 Å². The fraction of sp³-hybridized carbons (Fsp3) is 1.00. The molecule has 0 heterocycles. The van der Waals surface area contributed by atoms with Gasteiger partial charge in [0.1, 0.15) is 0 Å². The predicted octanol–water partition coefficient (Wildman–Crippen LogP) is -0.621. The molecule has 0 rings (SSSR count). The minimum absolute atomic E-state index is 0.0914. The van der Waals surface area contributed by atoms with Crippen LogP contribution in [-0.2, 0) is 19.4 Å². The van der Waals surface area contributed by atoms with E-state index in [0.29, 0.717) is 0 Å². The Bertz CT molecular complexity index is 157. The van der Waals surface area contributed by atoms with Gasteiger partial charge in [0.15, 0.2) is 0 Å². The van der Waals surface area contributed by atoms with E-state index in [0.717, 1.165) is 0 Å². The van der Waals surface area contributed by atoms with Crippen LogP contribution in [-0.4, -0.2) is 19.6 Å². The first-order valence-corrected chi connectivity index (χ1v) is 3.18. The number of nitrogens with zero attached hydrogens (tertiary/aromatic N) is 1. The van der Waals surface area contributed by atoms with Crippen molar-refractivity contribution in [2.24, 2.45) is 0 Å². The molecule has 0 aromatic heterocycles. The average Bonchev–Trinajstić information content (AvgIpc) is 1.69. The number of rotatable bonds is 2. The van der Waals surface area contributed by atoms with Crippen LogP contribution in [0, 0.1) is 5.46 Å². The molecule has 0 aromatic carbocycles. The van der Waals surface area contributed by atoms with Gasteiger partial charge in [0.2, 0.25) is 10.4 Å². The van der Waals surface area contributed by atoms with E-state index in [2.05, 4.69) is 4.18 Å². The molecule has 0 aromatic rings. The summed E-state index contributed by atoms with van der Waals surface area (Å²) in [6.45, 7) is 1.33. The third-order valence-electron chi connectivity index (χ3n) is 0.262. The molecule has 0 atom stereocenters. The Hall–Kier alpha value is -0.460. The zero-order valence-corrected chi connectivity index (χ0v) is 5.42. The van der Waals surface area contributed by atoms with E-state index in [1.165, 1.54) is 6.92 Å². The summed E-state index contributed by atoms with van der Waals surface area (Å²) in [4.78, 5) is 0. The summed E-state index contributed by atoms with van der Waals surface area (Å²) in [7, 11) is -4.42. The van der Waals surface area contributed by atoms with E-state index in [1.807, 2.05) is 0 Å². The Labute approximate surface area is 52.3 Å². The van der Waals surface area contributed by atoms with Crippen molar-refractivity contribution in [3.05, 3.63) is 0 Å². The molecule has 0 aliphatic heterocycles. The fourth-order valence-corrected chi connectivity index (χ4v) is 0.433. The summed E-state index contributed by atoms with van der Waals surface area (Å²) >= 11 is 0. The summed E-state index contributed by atoms with van der Waals surface area (Å²) < 4.78 is 39.3. The Kier molecular flexibility index (Phi) is 7.15. The molecule has 0 aliphatic rings. The third kappa shape index (κ3) is 18.5. The molecule has 0 bridgehead atoms. The quantitative estimate of drug-likeness (QED) is 0.299. The summed E-state index contributed by atoms with van der Waals surface area (Å²) in [5, 5.41) is 0. The van der Waals surface area contributed by atoms with Crippen LogP contribution in [0.2, 0.25) is 0 Å². The molecule has 54 valence electrons. The van der Waals surface area contributed by atoms with Crippen LogP contribution in [0.25, 0.3) is 0 Å². The first kappa shape index (κ1) is 11.4. The zero-order chi connectivity index (χ0) is 7.91. The molecule has 0 N–H and O–H groups in total.